The Labute approximate surface area is 118 Å². The van der Waals surface area contributed by atoms with Gasteiger partial charge in [0.05, 0.1) is 11.7 Å². The van der Waals surface area contributed by atoms with E-state index in [1.807, 2.05) is 20.8 Å². The zero-order valence-electron chi connectivity index (χ0n) is 11.7. The zero-order chi connectivity index (χ0) is 15.6. The van der Waals surface area contributed by atoms with Gasteiger partial charge in [-0.1, -0.05) is 26.8 Å². The molecule has 1 rings (SSSR count). The number of nitrogens with one attached hydrogen (secondary N) is 2. The first kappa shape index (κ1) is 16.4. The number of rotatable bonds is 4. The van der Waals surface area contributed by atoms with Crippen molar-refractivity contribution in [1.29, 1.82) is 0 Å². The van der Waals surface area contributed by atoms with Crippen LogP contribution in [0.2, 0.25) is 0 Å². The van der Waals surface area contributed by atoms with Crippen LogP contribution in [0.3, 0.4) is 0 Å². The van der Waals surface area contributed by atoms with Crippen LogP contribution in [0.4, 0.5) is 11.4 Å². The molecule has 8 heteroatoms. The predicted molar refractivity (Wildman–Crippen MR) is 79.2 cm³/mol. The van der Waals surface area contributed by atoms with Crippen LogP contribution in [0.1, 0.15) is 20.8 Å². The van der Waals surface area contributed by atoms with Gasteiger partial charge >= 0.3 is 0 Å². The van der Waals surface area contributed by atoms with Gasteiger partial charge in [0.2, 0.25) is 5.91 Å². The Kier molecular flexibility index (Phi) is 4.74. The lowest BCUT2D eigenvalue weighted by Crippen LogP contribution is -2.45. The van der Waals surface area contributed by atoms with Crippen molar-refractivity contribution in [3.05, 3.63) is 24.3 Å². The van der Waals surface area contributed by atoms with Crippen LogP contribution in [0.25, 0.3) is 0 Å². The van der Waals surface area contributed by atoms with Crippen molar-refractivity contribution in [1.82, 2.24) is 0 Å². The fourth-order valence-corrected chi connectivity index (χ4v) is 1.89. The molecule has 112 valence electrons. The Balaban J connectivity index is 2.84. The molecule has 1 aromatic rings. The lowest BCUT2D eigenvalue weighted by atomic mass is 9.87. The average molecular weight is 300 g/mol. The second kappa shape index (κ2) is 5.78. The van der Waals surface area contributed by atoms with Gasteiger partial charge in [0, 0.05) is 5.69 Å². The first-order valence-electron chi connectivity index (χ1n) is 5.96. The summed E-state index contributed by atoms with van der Waals surface area (Å²) in [6, 6.07) is 5.51. The number of hydrogen-bond donors (Lipinski definition) is 4. The van der Waals surface area contributed by atoms with Crippen molar-refractivity contribution in [2.24, 2.45) is 16.3 Å². The Morgan fingerprint density at radius 1 is 1.25 bits per heavy atom. The molecule has 0 bridgehead atoms. The number of benzene rings is 1. The third-order valence-electron chi connectivity index (χ3n) is 2.61. The maximum absolute atomic E-state index is 12.0. The molecule has 0 heterocycles. The molecule has 0 aliphatic carbocycles. The summed E-state index contributed by atoms with van der Waals surface area (Å²) in [6.45, 7) is 5.57. The van der Waals surface area contributed by atoms with Gasteiger partial charge in [0.15, 0.2) is 0 Å². The summed E-state index contributed by atoms with van der Waals surface area (Å²) < 4.78 is 24.0. The molecule has 1 aromatic carbocycles. The molecule has 0 spiro atoms. The molecule has 0 radical (unpaired) electrons. The third-order valence-corrected chi connectivity index (χ3v) is 3.13. The summed E-state index contributed by atoms with van der Waals surface area (Å²) in [5.41, 5.74) is 6.16. The topological polar surface area (TPSA) is 127 Å². The van der Waals surface area contributed by atoms with Crippen molar-refractivity contribution in [2.45, 2.75) is 26.8 Å². The van der Waals surface area contributed by atoms with Crippen LogP contribution in [0.15, 0.2) is 24.3 Å². The number of nitrogens with two attached hydrogens (primary N) is 2. The Morgan fingerprint density at radius 3 is 2.30 bits per heavy atom. The van der Waals surface area contributed by atoms with Crippen LogP contribution in [-0.4, -0.2) is 20.4 Å². The summed E-state index contributed by atoms with van der Waals surface area (Å²) in [5, 5.41) is 7.51. The molecule has 0 unspecified atom stereocenters. The highest BCUT2D eigenvalue weighted by atomic mass is 32.2. The summed E-state index contributed by atoms with van der Waals surface area (Å²) in [6.07, 6.45) is 0. The number of hydrogen-bond acceptors (Lipinski definition) is 4. The Bertz CT molecular complexity index is 593. The fourth-order valence-electron chi connectivity index (χ4n) is 1.44. The van der Waals surface area contributed by atoms with E-state index in [0.29, 0.717) is 5.69 Å². The Morgan fingerprint density at radius 2 is 1.80 bits per heavy atom. The van der Waals surface area contributed by atoms with Gasteiger partial charge < -0.3 is 11.1 Å². The van der Waals surface area contributed by atoms with Gasteiger partial charge in [-0.3, -0.25) is 9.52 Å². The second-order valence-electron chi connectivity index (χ2n) is 5.56. The molecule has 0 aliphatic heterocycles. The third kappa shape index (κ3) is 5.16. The lowest BCUT2D eigenvalue weighted by molar-refractivity contribution is -0.119. The second-order valence-corrected chi connectivity index (χ2v) is 6.85. The highest BCUT2D eigenvalue weighted by Gasteiger charge is 2.27. The predicted octanol–water partition coefficient (Wildman–Crippen LogP) is 0.614. The highest BCUT2D eigenvalue weighted by Crippen LogP contribution is 2.20. The smallest absolute Gasteiger partial charge is 0.296 e. The summed E-state index contributed by atoms with van der Waals surface area (Å²) in [5.74, 6) is -0.342. The molecule has 1 amide bonds. The van der Waals surface area contributed by atoms with E-state index in [1.54, 1.807) is 12.1 Å². The van der Waals surface area contributed by atoms with Crippen molar-refractivity contribution in [3.63, 3.8) is 0 Å². The monoisotopic (exact) mass is 300 g/mol. The average Bonchev–Trinajstić information content (AvgIpc) is 2.24. The van der Waals surface area contributed by atoms with Crippen LogP contribution < -0.4 is 20.9 Å². The molecule has 0 aromatic heterocycles. The number of carbonyl (C=O) groups excluding carboxylic acids is 1. The summed E-state index contributed by atoms with van der Waals surface area (Å²) in [7, 11) is -3.85. The van der Waals surface area contributed by atoms with Gasteiger partial charge in [-0.05, 0) is 23.6 Å². The first-order valence-corrected chi connectivity index (χ1v) is 7.51. The molecule has 0 aliphatic rings. The maximum atomic E-state index is 12.0. The van der Waals surface area contributed by atoms with Gasteiger partial charge in [0.1, 0.15) is 0 Å². The van der Waals surface area contributed by atoms with Crippen LogP contribution in [-0.2, 0) is 15.0 Å². The maximum Gasteiger partial charge on any atom is 0.296 e. The summed E-state index contributed by atoms with van der Waals surface area (Å²) >= 11 is 0. The Hall–Kier alpha value is -1.64. The van der Waals surface area contributed by atoms with Crippen molar-refractivity contribution < 1.29 is 13.2 Å². The molecular formula is C12H20N4O3S. The zero-order valence-corrected chi connectivity index (χ0v) is 12.5. The number of anilines is 2. The first-order chi connectivity index (χ1) is 8.99. The highest BCUT2D eigenvalue weighted by molar-refractivity contribution is 7.90. The van der Waals surface area contributed by atoms with E-state index < -0.39 is 16.3 Å². The minimum Gasteiger partial charge on any atom is -0.325 e. The van der Waals surface area contributed by atoms with Crippen molar-refractivity contribution >= 4 is 27.5 Å². The molecular weight excluding hydrogens is 280 g/mol. The van der Waals surface area contributed by atoms with Gasteiger partial charge in [-0.15, -0.1) is 0 Å². The van der Waals surface area contributed by atoms with E-state index in [1.165, 1.54) is 12.1 Å². The SMILES string of the molecule is CC(C)(C)[C@@H](N)C(=O)Nc1cccc(NS(N)(=O)=O)c1. The van der Waals surface area contributed by atoms with Crippen molar-refractivity contribution in [3.8, 4) is 0 Å². The fraction of sp³-hybridized carbons (Fsp3) is 0.417. The van der Waals surface area contributed by atoms with E-state index in [2.05, 4.69) is 10.0 Å². The standard InChI is InChI=1S/C12H20N4O3S/c1-12(2,3)10(13)11(17)15-8-5-4-6-9(7-8)16-20(14,18)19/h4-7,10,16H,13H2,1-3H3,(H,15,17)(H2,14,18,19)/t10-/m0/s1. The van der Waals surface area contributed by atoms with Gasteiger partial charge in [0.25, 0.3) is 10.2 Å². The molecule has 1 atom stereocenters. The van der Waals surface area contributed by atoms with Crippen LogP contribution in [0, 0.1) is 5.41 Å². The molecule has 0 saturated heterocycles. The van der Waals surface area contributed by atoms with Crippen LogP contribution in [0.5, 0.6) is 0 Å². The van der Waals surface area contributed by atoms with Crippen LogP contribution >= 0.6 is 0 Å². The molecule has 6 N–H and O–H groups in total. The molecule has 0 saturated carbocycles. The minimum absolute atomic E-state index is 0.259. The van der Waals surface area contributed by atoms with E-state index in [4.69, 9.17) is 10.9 Å². The minimum atomic E-state index is -3.85. The largest absolute Gasteiger partial charge is 0.325 e. The van der Waals surface area contributed by atoms with Gasteiger partial charge in [-0.2, -0.15) is 8.42 Å². The molecule has 0 fully saturated rings. The molecule has 7 nitrogen and oxygen atoms in total. The molecule has 20 heavy (non-hydrogen) atoms. The summed E-state index contributed by atoms with van der Waals surface area (Å²) in [4.78, 5) is 12.0. The van der Waals surface area contributed by atoms with Gasteiger partial charge in [-0.25, -0.2) is 5.14 Å². The normalized spacial score (nSPS) is 13.7. The lowest BCUT2D eigenvalue weighted by Gasteiger charge is -2.25. The van der Waals surface area contributed by atoms with E-state index >= 15 is 0 Å². The van der Waals surface area contributed by atoms with E-state index in [-0.39, 0.29) is 17.0 Å². The quantitative estimate of drug-likeness (QED) is 0.649. The van der Waals surface area contributed by atoms with E-state index in [0.717, 1.165) is 0 Å². The number of amides is 1. The number of carbonyl (C=O) groups is 1. The van der Waals surface area contributed by atoms with Crippen molar-refractivity contribution in [2.75, 3.05) is 10.0 Å². The van der Waals surface area contributed by atoms with E-state index in [9.17, 15) is 13.2 Å².